The van der Waals surface area contributed by atoms with E-state index in [-0.39, 0.29) is 5.56 Å². The highest BCUT2D eigenvalue weighted by molar-refractivity contribution is 5.88. The molecule has 4 heteroatoms. The quantitative estimate of drug-likeness (QED) is 0.878. The van der Waals surface area contributed by atoms with E-state index in [4.69, 9.17) is 5.11 Å². The first kappa shape index (κ1) is 12.9. The van der Waals surface area contributed by atoms with Gasteiger partial charge in [0.25, 0.3) is 0 Å². The van der Waals surface area contributed by atoms with Crippen molar-refractivity contribution < 1.29 is 14.3 Å². The number of carboxylic acid groups (broad SMARTS) is 1. The summed E-state index contributed by atoms with van der Waals surface area (Å²) in [5.41, 5.74) is 0.507. The number of carbonyl (C=O) groups is 1. The molecule has 98 valence electrons. The van der Waals surface area contributed by atoms with Crippen LogP contribution in [0.2, 0.25) is 0 Å². The highest BCUT2D eigenvalue weighted by atomic mass is 19.1. The minimum Gasteiger partial charge on any atom is -0.478 e. The van der Waals surface area contributed by atoms with E-state index in [1.165, 1.54) is 18.6 Å². The first-order valence-electron chi connectivity index (χ1n) is 6.25. The summed E-state index contributed by atoms with van der Waals surface area (Å²) >= 11 is 0. The molecule has 1 N–H and O–H groups in total. The van der Waals surface area contributed by atoms with Crippen LogP contribution in [0.3, 0.4) is 0 Å². The van der Waals surface area contributed by atoms with Crippen LogP contribution in [0, 0.1) is 17.7 Å². The maximum Gasteiger partial charge on any atom is 0.338 e. The molecule has 1 aliphatic rings. The van der Waals surface area contributed by atoms with Gasteiger partial charge in [-0.3, -0.25) is 0 Å². The molecule has 0 aliphatic carbocycles. The van der Waals surface area contributed by atoms with Gasteiger partial charge in [0.1, 0.15) is 5.82 Å². The monoisotopic (exact) mass is 251 g/mol. The van der Waals surface area contributed by atoms with Gasteiger partial charge >= 0.3 is 5.97 Å². The molecule has 1 saturated heterocycles. The second kappa shape index (κ2) is 4.96. The van der Waals surface area contributed by atoms with Gasteiger partial charge in [0, 0.05) is 18.8 Å². The zero-order valence-electron chi connectivity index (χ0n) is 10.7. The minimum atomic E-state index is -1.22. The number of aromatic carboxylic acids is 1. The largest absolute Gasteiger partial charge is 0.478 e. The fraction of sp³-hybridized carbons (Fsp3) is 0.500. The van der Waals surface area contributed by atoms with Crippen LogP contribution >= 0.6 is 0 Å². The maximum atomic E-state index is 13.6. The van der Waals surface area contributed by atoms with Gasteiger partial charge in [-0.2, -0.15) is 0 Å². The van der Waals surface area contributed by atoms with Crippen molar-refractivity contribution in [2.45, 2.75) is 20.3 Å². The average Bonchev–Trinajstić information content (AvgIpc) is 2.26. The lowest BCUT2D eigenvalue weighted by atomic mass is 9.91. The Hall–Kier alpha value is -1.58. The summed E-state index contributed by atoms with van der Waals surface area (Å²) in [6.07, 6.45) is 1.19. The number of hydrogen-bond donors (Lipinski definition) is 1. The summed E-state index contributed by atoms with van der Waals surface area (Å²) in [6, 6.07) is 4.36. The van der Waals surface area contributed by atoms with Crippen LogP contribution in [0.1, 0.15) is 30.6 Å². The molecule has 2 rings (SSSR count). The highest BCUT2D eigenvalue weighted by Gasteiger charge is 2.23. The molecule has 0 amide bonds. The SMILES string of the molecule is CC1CC(C)CN(c2ccc(C(=O)O)c(F)c2)C1. The predicted octanol–water partition coefficient (Wildman–Crippen LogP) is 3.01. The first-order valence-corrected chi connectivity index (χ1v) is 6.25. The van der Waals surface area contributed by atoms with Gasteiger partial charge in [-0.05, 0) is 36.5 Å². The van der Waals surface area contributed by atoms with E-state index >= 15 is 0 Å². The second-order valence-corrected chi connectivity index (χ2v) is 5.32. The van der Waals surface area contributed by atoms with Crippen molar-refractivity contribution in [1.29, 1.82) is 0 Å². The van der Waals surface area contributed by atoms with Crippen molar-refractivity contribution in [2.24, 2.45) is 11.8 Å². The molecule has 0 aromatic heterocycles. The molecular weight excluding hydrogens is 233 g/mol. The zero-order chi connectivity index (χ0) is 13.3. The summed E-state index contributed by atoms with van der Waals surface area (Å²) in [7, 11) is 0. The van der Waals surface area contributed by atoms with Crippen LogP contribution in [0.15, 0.2) is 18.2 Å². The van der Waals surface area contributed by atoms with E-state index in [1.807, 2.05) is 0 Å². The number of halogens is 1. The van der Waals surface area contributed by atoms with Crippen LogP contribution in [0.5, 0.6) is 0 Å². The van der Waals surface area contributed by atoms with Crippen molar-refractivity contribution in [3.05, 3.63) is 29.6 Å². The Morgan fingerprint density at radius 2 is 1.94 bits per heavy atom. The van der Waals surface area contributed by atoms with E-state index < -0.39 is 11.8 Å². The third kappa shape index (κ3) is 2.63. The number of rotatable bonds is 2. The van der Waals surface area contributed by atoms with Crippen molar-refractivity contribution in [3.63, 3.8) is 0 Å². The lowest BCUT2D eigenvalue weighted by molar-refractivity contribution is 0.0692. The summed E-state index contributed by atoms with van der Waals surface area (Å²) < 4.78 is 13.6. The fourth-order valence-corrected chi connectivity index (χ4v) is 2.75. The van der Waals surface area contributed by atoms with E-state index in [1.54, 1.807) is 6.07 Å². The number of carboxylic acids is 1. The van der Waals surface area contributed by atoms with Gasteiger partial charge in [-0.15, -0.1) is 0 Å². The van der Waals surface area contributed by atoms with Crippen molar-refractivity contribution in [3.8, 4) is 0 Å². The molecule has 1 aromatic rings. The Balaban J connectivity index is 2.23. The molecule has 18 heavy (non-hydrogen) atoms. The first-order chi connectivity index (χ1) is 8.47. The van der Waals surface area contributed by atoms with Crippen molar-refractivity contribution >= 4 is 11.7 Å². The average molecular weight is 251 g/mol. The van der Waals surface area contributed by atoms with E-state index in [0.29, 0.717) is 11.8 Å². The molecule has 0 spiro atoms. The summed E-state index contributed by atoms with van der Waals surface area (Å²) in [6.45, 7) is 6.17. The molecule has 2 unspecified atom stereocenters. The number of anilines is 1. The van der Waals surface area contributed by atoms with Crippen LogP contribution in [0.4, 0.5) is 10.1 Å². The summed E-state index contributed by atoms with van der Waals surface area (Å²) in [5, 5.41) is 8.80. The lowest BCUT2D eigenvalue weighted by Gasteiger charge is -2.36. The van der Waals surface area contributed by atoms with Crippen molar-refractivity contribution in [2.75, 3.05) is 18.0 Å². The van der Waals surface area contributed by atoms with Gasteiger partial charge < -0.3 is 10.0 Å². The van der Waals surface area contributed by atoms with E-state index in [2.05, 4.69) is 18.7 Å². The van der Waals surface area contributed by atoms with Crippen LogP contribution in [-0.4, -0.2) is 24.2 Å². The minimum absolute atomic E-state index is 0.267. The summed E-state index contributed by atoms with van der Waals surface area (Å²) in [5.74, 6) is -0.725. The molecule has 0 saturated carbocycles. The Bertz CT molecular complexity index is 451. The number of hydrogen-bond acceptors (Lipinski definition) is 2. The van der Waals surface area contributed by atoms with Crippen LogP contribution in [0.25, 0.3) is 0 Å². The van der Waals surface area contributed by atoms with Gasteiger partial charge in [0.2, 0.25) is 0 Å². The number of benzene rings is 1. The summed E-state index contributed by atoms with van der Waals surface area (Å²) in [4.78, 5) is 12.9. The number of nitrogens with zero attached hydrogens (tertiary/aromatic N) is 1. The predicted molar refractivity (Wildman–Crippen MR) is 68.5 cm³/mol. The number of piperidine rings is 1. The van der Waals surface area contributed by atoms with Gasteiger partial charge in [-0.25, -0.2) is 9.18 Å². The third-order valence-electron chi connectivity index (χ3n) is 3.42. The molecular formula is C14H18FNO2. The topological polar surface area (TPSA) is 40.5 Å². The molecule has 3 nitrogen and oxygen atoms in total. The Kier molecular flexibility index (Phi) is 3.55. The Morgan fingerprint density at radius 1 is 1.33 bits per heavy atom. The Labute approximate surface area is 106 Å². The van der Waals surface area contributed by atoms with Crippen LogP contribution < -0.4 is 4.90 Å². The molecule has 2 atom stereocenters. The standard InChI is InChI=1S/C14H18FNO2/c1-9-5-10(2)8-16(7-9)11-3-4-12(14(17)18)13(15)6-11/h3-4,6,9-10H,5,7-8H2,1-2H3,(H,17,18). The highest BCUT2D eigenvalue weighted by Crippen LogP contribution is 2.27. The molecule has 0 radical (unpaired) electrons. The molecule has 1 aromatic carbocycles. The van der Waals surface area contributed by atoms with E-state index in [9.17, 15) is 9.18 Å². The Morgan fingerprint density at radius 3 is 2.44 bits per heavy atom. The fourth-order valence-electron chi connectivity index (χ4n) is 2.75. The molecule has 0 bridgehead atoms. The van der Waals surface area contributed by atoms with Crippen molar-refractivity contribution in [1.82, 2.24) is 0 Å². The van der Waals surface area contributed by atoms with Gasteiger partial charge in [-0.1, -0.05) is 13.8 Å². The second-order valence-electron chi connectivity index (χ2n) is 5.32. The van der Waals surface area contributed by atoms with Crippen LogP contribution in [-0.2, 0) is 0 Å². The smallest absolute Gasteiger partial charge is 0.338 e. The van der Waals surface area contributed by atoms with E-state index in [0.717, 1.165) is 18.8 Å². The zero-order valence-corrected chi connectivity index (χ0v) is 10.7. The van der Waals surface area contributed by atoms with Gasteiger partial charge in [0.15, 0.2) is 0 Å². The molecule has 1 aliphatic heterocycles. The molecule has 1 fully saturated rings. The molecule has 1 heterocycles. The third-order valence-corrected chi connectivity index (χ3v) is 3.42. The lowest BCUT2D eigenvalue weighted by Crippen LogP contribution is -2.38. The van der Waals surface area contributed by atoms with Gasteiger partial charge in [0.05, 0.1) is 5.56 Å². The normalized spacial score (nSPS) is 24.1. The maximum absolute atomic E-state index is 13.6.